The van der Waals surface area contributed by atoms with Crippen molar-refractivity contribution < 1.29 is 138 Å². The number of halogens is 25. The van der Waals surface area contributed by atoms with Gasteiger partial charge < -0.3 is 4.74 Å². The van der Waals surface area contributed by atoms with Crippen molar-refractivity contribution >= 4 is 0 Å². The average Bonchev–Trinajstić information content (AvgIpc) is 2.73. The van der Waals surface area contributed by atoms with Gasteiger partial charge in [-0.3, -0.25) is 0 Å². The van der Waals surface area contributed by atoms with Gasteiger partial charge in [-0.15, -0.1) is 28.5 Å². The number of rotatable bonds is 19. The molecular formula is C16H7F25O6. The minimum Gasteiger partial charge on any atom is -0.368 e. The van der Waals surface area contributed by atoms with Gasteiger partial charge in [-0.05, 0) is 0 Å². The van der Waals surface area contributed by atoms with Crippen LogP contribution in [0.1, 0.15) is 0 Å². The van der Waals surface area contributed by atoms with E-state index in [1.165, 1.54) is 9.47 Å². The molecule has 0 radical (unpaired) electrons. The van der Waals surface area contributed by atoms with Crippen molar-refractivity contribution in [3.05, 3.63) is 12.7 Å². The molecule has 282 valence electrons. The predicted octanol–water partition coefficient (Wildman–Crippen LogP) is 8.40. The van der Waals surface area contributed by atoms with E-state index in [9.17, 15) is 110 Å². The Kier molecular flexibility index (Phi) is 12.3. The maximum atomic E-state index is 13.6. The molecule has 6 nitrogen and oxygen atoms in total. The van der Waals surface area contributed by atoms with Crippen LogP contribution >= 0.6 is 0 Å². The molecule has 0 aliphatic rings. The smallest absolute Gasteiger partial charge is 0.368 e. The highest BCUT2D eigenvalue weighted by molar-refractivity contribution is 4.99. The highest BCUT2D eigenvalue weighted by Gasteiger charge is 2.88. The molecule has 0 amide bonds. The lowest BCUT2D eigenvalue weighted by Crippen LogP contribution is -2.68. The molecule has 0 bridgehead atoms. The first kappa shape index (κ1) is 44.8. The van der Waals surface area contributed by atoms with E-state index in [4.69, 9.17) is 0 Å². The second kappa shape index (κ2) is 12.9. The van der Waals surface area contributed by atoms with Gasteiger partial charge in [0.05, 0.1) is 6.61 Å². The summed E-state index contributed by atoms with van der Waals surface area (Å²) < 4.78 is 339. The summed E-state index contributed by atoms with van der Waals surface area (Å²) in [5, 5.41) is 0. The van der Waals surface area contributed by atoms with Gasteiger partial charge in [0.2, 0.25) is 0 Å². The van der Waals surface area contributed by atoms with Gasteiger partial charge >= 0.3 is 73.2 Å². The second-order valence-electron chi connectivity index (χ2n) is 7.68. The Morgan fingerprint density at radius 2 is 0.702 bits per heavy atom. The van der Waals surface area contributed by atoms with Crippen molar-refractivity contribution in [3.63, 3.8) is 0 Å². The van der Waals surface area contributed by atoms with Crippen LogP contribution < -0.4 is 0 Å². The summed E-state index contributed by atoms with van der Waals surface area (Å²) in [7, 11) is 0. The largest absolute Gasteiger partial charge is 0.529 e. The van der Waals surface area contributed by atoms with Crippen molar-refractivity contribution in [1.82, 2.24) is 0 Å². The molecule has 0 aliphatic heterocycles. The topological polar surface area (TPSA) is 55.4 Å². The molecule has 0 aromatic heterocycles. The monoisotopic (exact) mass is 770 g/mol. The predicted molar refractivity (Wildman–Crippen MR) is 86.9 cm³/mol. The molecule has 0 aromatic carbocycles. The molecule has 0 aromatic rings. The Bertz CT molecular complexity index is 1070. The van der Waals surface area contributed by atoms with Crippen molar-refractivity contribution in [3.8, 4) is 0 Å². The first-order valence-corrected chi connectivity index (χ1v) is 10.0. The van der Waals surface area contributed by atoms with Crippen molar-refractivity contribution in [2.75, 3.05) is 13.2 Å². The first-order valence-electron chi connectivity index (χ1n) is 10.0. The zero-order chi connectivity index (χ0) is 38.4. The van der Waals surface area contributed by atoms with Gasteiger partial charge in [0.25, 0.3) is 0 Å². The van der Waals surface area contributed by atoms with Crippen LogP contribution in [0.25, 0.3) is 0 Å². The standard InChI is InChI=1S/C16H7F25O6/c1-2-3-42-4-5(17,18)43-9(25,26)6(19,20)7(21,22)10(27,28)44-11(29,30)8(23,24)12(31,32)45-13(33,34)14(35,36)46-16(40,41)47-15(37,38)39/h2H,1,3-4H2. The number of alkyl halides is 25. The van der Waals surface area contributed by atoms with Crippen molar-refractivity contribution in [2.24, 2.45) is 0 Å². The van der Waals surface area contributed by atoms with Crippen LogP contribution in [0.15, 0.2) is 12.7 Å². The van der Waals surface area contributed by atoms with E-state index in [0.29, 0.717) is 6.08 Å². The number of ether oxygens (including phenoxy) is 6. The molecule has 0 heterocycles. The Balaban J connectivity index is 6.41. The number of hydrogen-bond donors (Lipinski definition) is 0. The molecule has 0 saturated heterocycles. The molecule has 0 unspecified atom stereocenters. The zero-order valence-electron chi connectivity index (χ0n) is 20.6. The van der Waals surface area contributed by atoms with Gasteiger partial charge in [-0.2, -0.15) is 92.5 Å². The lowest BCUT2D eigenvalue weighted by molar-refractivity contribution is -0.589. The number of hydrogen-bond acceptors (Lipinski definition) is 6. The molecule has 0 fully saturated rings. The lowest BCUT2D eigenvalue weighted by Gasteiger charge is -2.39. The third-order valence-electron chi connectivity index (χ3n) is 3.97. The molecule has 47 heavy (non-hydrogen) atoms. The summed E-state index contributed by atoms with van der Waals surface area (Å²) in [5.74, 6) is -25.6. The van der Waals surface area contributed by atoms with Crippen LogP contribution in [-0.4, -0.2) is 86.4 Å². The van der Waals surface area contributed by atoms with E-state index in [1.54, 1.807) is 0 Å². The van der Waals surface area contributed by atoms with E-state index in [-0.39, 0.29) is 0 Å². The minimum atomic E-state index is -8.66. The Labute approximate surface area is 238 Å². The molecule has 31 heteroatoms. The van der Waals surface area contributed by atoms with Crippen LogP contribution in [0, 0.1) is 0 Å². The molecule has 0 saturated carbocycles. The maximum absolute atomic E-state index is 13.6. The maximum Gasteiger partial charge on any atom is 0.529 e. The fourth-order valence-corrected chi connectivity index (χ4v) is 2.01. The Morgan fingerprint density at radius 1 is 0.383 bits per heavy atom. The van der Waals surface area contributed by atoms with Crippen molar-refractivity contribution in [1.29, 1.82) is 0 Å². The van der Waals surface area contributed by atoms with Crippen LogP contribution in [-0.2, 0) is 28.4 Å². The molecule has 0 aliphatic carbocycles. The highest BCUT2D eigenvalue weighted by atomic mass is 19.4. The molecule has 0 rings (SSSR count). The quantitative estimate of drug-likeness (QED) is 0.0570. The summed E-state index contributed by atoms with van der Waals surface area (Å²) in [4.78, 5) is 0. The van der Waals surface area contributed by atoms with Crippen LogP contribution in [0.2, 0.25) is 0 Å². The molecular weight excluding hydrogens is 763 g/mol. The summed E-state index contributed by atoms with van der Waals surface area (Å²) in [6, 6.07) is 0. The summed E-state index contributed by atoms with van der Waals surface area (Å²) in [6.07, 6.45) is -68.3. The fourth-order valence-electron chi connectivity index (χ4n) is 2.01. The van der Waals surface area contributed by atoms with Gasteiger partial charge in [-0.1, -0.05) is 6.08 Å². The van der Waals surface area contributed by atoms with Crippen LogP contribution in [0.4, 0.5) is 110 Å². The van der Waals surface area contributed by atoms with E-state index < -0.39 is 86.4 Å². The average molecular weight is 770 g/mol. The van der Waals surface area contributed by atoms with E-state index >= 15 is 0 Å². The highest BCUT2D eigenvalue weighted by Crippen LogP contribution is 2.58. The lowest BCUT2D eigenvalue weighted by atomic mass is 10.1. The van der Waals surface area contributed by atoms with E-state index in [2.05, 4.69) is 11.3 Å². The molecule has 0 N–H and O–H groups in total. The van der Waals surface area contributed by atoms with E-state index in [0.717, 1.165) is 9.47 Å². The SMILES string of the molecule is C=CCOCC(F)(F)OC(F)(F)C(F)(F)C(F)(F)C(F)(F)OC(F)(F)C(F)(F)C(F)(F)OC(F)(F)C(F)(F)OC(F)(F)OC(F)(F)F. The van der Waals surface area contributed by atoms with Crippen molar-refractivity contribution in [2.45, 2.75) is 73.2 Å². The Hall–Kier alpha value is -2.25. The summed E-state index contributed by atoms with van der Waals surface area (Å²) in [5.41, 5.74) is 0. The fraction of sp³-hybridized carbons (Fsp3) is 0.875. The van der Waals surface area contributed by atoms with Gasteiger partial charge in [0.15, 0.2) is 0 Å². The summed E-state index contributed by atoms with van der Waals surface area (Å²) >= 11 is 0. The van der Waals surface area contributed by atoms with Crippen LogP contribution in [0.5, 0.6) is 0 Å². The minimum absolute atomic E-state index is 0.548. The summed E-state index contributed by atoms with van der Waals surface area (Å²) in [6.45, 7) is -0.887. The second-order valence-corrected chi connectivity index (χ2v) is 7.68. The van der Waals surface area contributed by atoms with Gasteiger partial charge in [0, 0.05) is 0 Å². The van der Waals surface area contributed by atoms with Crippen LogP contribution in [0.3, 0.4) is 0 Å². The van der Waals surface area contributed by atoms with Gasteiger partial charge in [0.1, 0.15) is 6.61 Å². The first-order chi connectivity index (χ1) is 20.1. The molecule has 0 spiro atoms. The third kappa shape index (κ3) is 9.90. The third-order valence-corrected chi connectivity index (χ3v) is 3.97. The normalized spacial score (nSPS) is 16.1. The Morgan fingerprint density at radius 3 is 1.06 bits per heavy atom. The molecule has 0 atom stereocenters. The van der Waals surface area contributed by atoms with E-state index in [1.807, 2.05) is 4.74 Å². The zero-order valence-corrected chi connectivity index (χ0v) is 20.6. The van der Waals surface area contributed by atoms with Gasteiger partial charge in [-0.25, -0.2) is 18.9 Å².